The molecule has 13 heavy (non-hydrogen) atoms. The van der Waals surface area contributed by atoms with Crippen molar-refractivity contribution in [2.45, 2.75) is 51.6 Å². The Labute approximate surface area is 85.2 Å². The number of hydrogen-bond donors (Lipinski definition) is 1. The van der Waals surface area contributed by atoms with E-state index in [4.69, 9.17) is 0 Å². The van der Waals surface area contributed by atoms with Gasteiger partial charge in [-0.2, -0.15) is 0 Å². The van der Waals surface area contributed by atoms with E-state index in [2.05, 4.69) is 38.0 Å². The highest BCUT2D eigenvalue weighted by Crippen LogP contribution is 2.19. The molecule has 0 spiro atoms. The van der Waals surface area contributed by atoms with Crippen LogP contribution in [-0.2, 0) is 0 Å². The molecule has 0 aromatic heterocycles. The molecule has 0 aromatic rings. The van der Waals surface area contributed by atoms with Gasteiger partial charge in [0.25, 0.3) is 0 Å². The Morgan fingerprint density at radius 1 is 1.38 bits per heavy atom. The summed E-state index contributed by atoms with van der Waals surface area (Å²) in [6, 6.07) is 1.48. The maximum atomic E-state index is 3.11. The van der Waals surface area contributed by atoms with E-state index in [0.29, 0.717) is 0 Å². The minimum absolute atomic E-state index is 0.606. The van der Waals surface area contributed by atoms with E-state index in [0.717, 1.165) is 5.54 Å². The third-order valence-corrected chi connectivity index (χ3v) is 6.47. The molecule has 0 aliphatic heterocycles. The fourth-order valence-corrected chi connectivity index (χ4v) is 4.60. The van der Waals surface area contributed by atoms with Crippen LogP contribution in [-0.4, -0.2) is 15.8 Å². The Morgan fingerprint density at radius 2 is 2.08 bits per heavy atom. The smallest absolute Gasteiger partial charge is 0.0661 e. The van der Waals surface area contributed by atoms with E-state index in [-0.39, 0.29) is 0 Å². The summed E-state index contributed by atoms with van der Waals surface area (Å²) in [5.74, 6) is 0. The lowest BCUT2D eigenvalue weighted by Crippen LogP contribution is -2.16. The van der Waals surface area contributed by atoms with Crippen LogP contribution in [0.25, 0.3) is 0 Å². The third kappa shape index (κ3) is 5.91. The molecular formula is C11H25NSi. The van der Waals surface area contributed by atoms with Crippen molar-refractivity contribution in [1.82, 2.24) is 5.32 Å². The fraction of sp³-hybridized carbons (Fsp3) is 0.818. The molecule has 1 N–H and O–H groups in total. The maximum absolute atomic E-state index is 3.11. The fourth-order valence-electron chi connectivity index (χ4n) is 1.53. The Kier molecular flexibility index (Phi) is 8.20. The molecule has 0 aromatic carbocycles. The summed E-state index contributed by atoms with van der Waals surface area (Å²) in [6.45, 7) is 7.00. The second-order valence-electron chi connectivity index (χ2n) is 3.84. The van der Waals surface area contributed by atoms with Gasteiger partial charge >= 0.3 is 0 Å². The first-order chi connectivity index (χ1) is 6.26. The van der Waals surface area contributed by atoms with E-state index in [9.17, 15) is 0 Å². The van der Waals surface area contributed by atoms with E-state index < -0.39 is 8.80 Å². The van der Waals surface area contributed by atoms with Crippen LogP contribution in [0.2, 0.25) is 11.6 Å². The minimum atomic E-state index is -0.606. The summed E-state index contributed by atoms with van der Waals surface area (Å²) in [5, 5.41) is 3.11. The number of rotatable bonds is 7. The molecule has 78 valence electrons. The lowest BCUT2D eigenvalue weighted by atomic mass is 10.4. The van der Waals surface area contributed by atoms with Crippen LogP contribution < -0.4 is 5.32 Å². The largest absolute Gasteiger partial charge is 0.395 e. The van der Waals surface area contributed by atoms with Gasteiger partial charge in [-0.3, -0.25) is 0 Å². The topological polar surface area (TPSA) is 12.0 Å². The van der Waals surface area contributed by atoms with Crippen LogP contribution in [0.15, 0.2) is 11.9 Å². The first-order valence-corrected chi connectivity index (χ1v) is 7.75. The van der Waals surface area contributed by atoms with Gasteiger partial charge in [-0.25, -0.2) is 0 Å². The molecule has 0 saturated heterocycles. The molecule has 0 heterocycles. The number of nitrogens with one attached hydrogen (secondary N) is 1. The van der Waals surface area contributed by atoms with E-state index in [1.54, 1.807) is 0 Å². The maximum Gasteiger partial charge on any atom is 0.0661 e. The second kappa shape index (κ2) is 8.36. The van der Waals surface area contributed by atoms with Gasteiger partial charge < -0.3 is 5.32 Å². The van der Waals surface area contributed by atoms with Crippen LogP contribution >= 0.6 is 0 Å². The van der Waals surface area contributed by atoms with Gasteiger partial charge in [-0.05, 0) is 11.7 Å². The second-order valence-corrected chi connectivity index (χ2v) is 7.27. The standard InChI is InChI=1S/C11H25NSi/c1-5-7-9-13(10-8-12-4)11(3)6-2/h8,10-13H,5-7,9H2,1-4H3. The Hall–Kier alpha value is -0.243. The molecule has 2 unspecified atom stereocenters. The molecule has 0 amide bonds. The lowest BCUT2D eigenvalue weighted by Gasteiger charge is -2.17. The van der Waals surface area contributed by atoms with Crippen LogP contribution in [0, 0.1) is 0 Å². The van der Waals surface area contributed by atoms with Crippen LogP contribution in [0.4, 0.5) is 0 Å². The molecule has 0 saturated carbocycles. The molecule has 2 atom stereocenters. The van der Waals surface area contributed by atoms with Gasteiger partial charge in [0.05, 0.1) is 8.80 Å². The molecular weight excluding hydrogens is 174 g/mol. The van der Waals surface area contributed by atoms with Gasteiger partial charge in [-0.15, -0.1) is 0 Å². The normalized spacial score (nSPS) is 16.0. The predicted molar refractivity (Wildman–Crippen MR) is 64.8 cm³/mol. The molecule has 1 nitrogen and oxygen atoms in total. The molecule has 0 aliphatic rings. The van der Waals surface area contributed by atoms with Gasteiger partial charge in [0, 0.05) is 7.05 Å². The lowest BCUT2D eigenvalue weighted by molar-refractivity contribution is 0.820. The monoisotopic (exact) mass is 199 g/mol. The van der Waals surface area contributed by atoms with E-state index in [1.165, 1.54) is 25.3 Å². The van der Waals surface area contributed by atoms with Gasteiger partial charge in [0.1, 0.15) is 0 Å². The van der Waals surface area contributed by atoms with Crippen molar-refractivity contribution in [1.29, 1.82) is 0 Å². The number of hydrogen-bond acceptors (Lipinski definition) is 1. The Balaban J connectivity index is 3.94. The Morgan fingerprint density at radius 3 is 2.54 bits per heavy atom. The van der Waals surface area contributed by atoms with E-state index >= 15 is 0 Å². The summed E-state index contributed by atoms with van der Waals surface area (Å²) in [4.78, 5) is 0. The van der Waals surface area contributed by atoms with Crippen molar-refractivity contribution in [3.05, 3.63) is 11.9 Å². The van der Waals surface area contributed by atoms with Gasteiger partial charge in [0.15, 0.2) is 0 Å². The zero-order valence-corrected chi connectivity index (χ0v) is 10.8. The average molecular weight is 199 g/mol. The first-order valence-electron chi connectivity index (χ1n) is 5.60. The summed E-state index contributed by atoms with van der Waals surface area (Å²) in [5.41, 5.74) is 3.42. The molecule has 0 bridgehead atoms. The van der Waals surface area contributed by atoms with Crippen LogP contribution in [0.1, 0.15) is 40.0 Å². The third-order valence-electron chi connectivity index (χ3n) is 2.78. The average Bonchev–Trinajstić information content (AvgIpc) is 2.17. The van der Waals surface area contributed by atoms with Crippen LogP contribution in [0.5, 0.6) is 0 Å². The predicted octanol–water partition coefficient (Wildman–Crippen LogP) is 3.09. The van der Waals surface area contributed by atoms with Crippen molar-refractivity contribution in [3.63, 3.8) is 0 Å². The van der Waals surface area contributed by atoms with Crippen molar-refractivity contribution in [3.8, 4) is 0 Å². The Bertz CT molecular complexity index is 134. The highest BCUT2D eigenvalue weighted by Gasteiger charge is 2.13. The SMILES string of the molecule is CCCC[SiH](C=CNC)C(C)CC. The molecule has 0 radical (unpaired) electrons. The van der Waals surface area contributed by atoms with Crippen LogP contribution in [0.3, 0.4) is 0 Å². The molecule has 2 heteroatoms. The highest BCUT2D eigenvalue weighted by molar-refractivity contribution is 6.65. The summed E-state index contributed by atoms with van der Waals surface area (Å²) >= 11 is 0. The van der Waals surface area contributed by atoms with Gasteiger partial charge in [0.2, 0.25) is 0 Å². The van der Waals surface area contributed by atoms with Crippen molar-refractivity contribution in [2.75, 3.05) is 7.05 Å². The molecule has 0 rings (SSSR count). The first kappa shape index (κ1) is 12.8. The quantitative estimate of drug-likeness (QED) is 0.621. The summed E-state index contributed by atoms with van der Waals surface area (Å²) in [6.07, 6.45) is 6.23. The summed E-state index contributed by atoms with van der Waals surface area (Å²) in [7, 11) is 1.38. The van der Waals surface area contributed by atoms with Gasteiger partial charge in [-0.1, -0.05) is 51.8 Å². The van der Waals surface area contributed by atoms with Crippen molar-refractivity contribution >= 4 is 8.80 Å². The van der Waals surface area contributed by atoms with Crippen molar-refractivity contribution < 1.29 is 0 Å². The minimum Gasteiger partial charge on any atom is -0.395 e. The summed E-state index contributed by atoms with van der Waals surface area (Å²) < 4.78 is 0. The highest BCUT2D eigenvalue weighted by atomic mass is 28.3. The van der Waals surface area contributed by atoms with Crippen molar-refractivity contribution in [2.24, 2.45) is 0 Å². The zero-order valence-electron chi connectivity index (χ0n) is 9.64. The zero-order chi connectivity index (χ0) is 10.1. The van der Waals surface area contributed by atoms with E-state index in [1.807, 2.05) is 7.05 Å². The molecule has 0 aliphatic carbocycles. The number of unbranched alkanes of at least 4 members (excludes halogenated alkanes) is 1. The molecule has 0 fully saturated rings.